The molecule has 2 saturated carbocycles. The van der Waals surface area contributed by atoms with Gasteiger partial charge in [-0.2, -0.15) is 0 Å². The van der Waals surface area contributed by atoms with Crippen LogP contribution >= 0.6 is 11.6 Å². The number of carbonyl (C=O) groups is 1. The SMILES string of the molecule is CN(C(=O)NCC1(c2ccc(Cl)cc2)CC1)C1CCCCC1. The van der Waals surface area contributed by atoms with Crippen molar-refractivity contribution in [3.8, 4) is 0 Å². The molecule has 0 heterocycles. The molecular weight excluding hydrogens is 296 g/mol. The minimum atomic E-state index is 0.0761. The van der Waals surface area contributed by atoms with Gasteiger partial charge in [-0.25, -0.2) is 4.79 Å². The number of nitrogens with zero attached hydrogens (tertiary/aromatic N) is 1. The van der Waals surface area contributed by atoms with E-state index in [0.717, 1.165) is 37.3 Å². The Morgan fingerprint density at radius 2 is 1.86 bits per heavy atom. The largest absolute Gasteiger partial charge is 0.337 e. The van der Waals surface area contributed by atoms with E-state index >= 15 is 0 Å². The number of hydrogen-bond acceptors (Lipinski definition) is 1. The summed E-state index contributed by atoms with van der Waals surface area (Å²) in [5, 5.41) is 3.91. The summed E-state index contributed by atoms with van der Waals surface area (Å²) in [5.41, 5.74) is 1.42. The van der Waals surface area contributed by atoms with E-state index in [0.29, 0.717) is 6.04 Å². The number of halogens is 1. The van der Waals surface area contributed by atoms with Crippen LogP contribution in [0.1, 0.15) is 50.5 Å². The van der Waals surface area contributed by atoms with Gasteiger partial charge in [0.15, 0.2) is 0 Å². The van der Waals surface area contributed by atoms with Crippen molar-refractivity contribution in [2.24, 2.45) is 0 Å². The van der Waals surface area contributed by atoms with Gasteiger partial charge < -0.3 is 10.2 Å². The summed E-state index contributed by atoms with van der Waals surface area (Å²) in [5.74, 6) is 0. The van der Waals surface area contributed by atoms with Gasteiger partial charge in [-0.1, -0.05) is 43.0 Å². The summed E-state index contributed by atoms with van der Waals surface area (Å²) in [7, 11) is 1.94. The third-order valence-corrected chi connectivity index (χ3v) is 5.58. The summed E-state index contributed by atoms with van der Waals surface area (Å²) in [4.78, 5) is 14.3. The van der Waals surface area contributed by atoms with Crippen molar-refractivity contribution in [1.82, 2.24) is 10.2 Å². The molecule has 2 amide bonds. The van der Waals surface area contributed by atoms with Gasteiger partial charge in [0.05, 0.1) is 0 Å². The highest BCUT2D eigenvalue weighted by Gasteiger charge is 2.44. The highest BCUT2D eigenvalue weighted by atomic mass is 35.5. The lowest BCUT2D eigenvalue weighted by atomic mass is 9.94. The van der Waals surface area contributed by atoms with Gasteiger partial charge in [0, 0.05) is 30.1 Å². The first kappa shape index (κ1) is 15.7. The van der Waals surface area contributed by atoms with Crippen molar-refractivity contribution >= 4 is 17.6 Å². The van der Waals surface area contributed by atoms with Crippen LogP contribution in [-0.2, 0) is 5.41 Å². The average Bonchev–Trinajstić information content (AvgIpc) is 3.34. The maximum atomic E-state index is 12.4. The second-order valence-electron chi connectivity index (χ2n) is 6.85. The molecule has 0 aliphatic heterocycles. The van der Waals surface area contributed by atoms with Crippen molar-refractivity contribution in [2.45, 2.75) is 56.4 Å². The van der Waals surface area contributed by atoms with Gasteiger partial charge in [-0.3, -0.25) is 0 Å². The summed E-state index contributed by atoms with van der Waals surface area (Å²) < 4.78 is 0. The Balaban J connectivity index is 1.55. The van der Waals surface area contributed by atoms with E-state index in [4.69, 9.17) is 11.6 Å². The van der Waals surface area contributed by atoms with Crippen LogP contribution in [-0.4, -0.2) is 30.6 Å². The Bertz CT molecular complexity index is 518. The van der Waals surface area contributed by atoms with Gasteiger partial charge in [0.1, 0.15) is 0 Å². The molecule has 4 heteroatoms. The average molecular weight is 321 g/mol. The number of amides is 2. The monoisotopic (exact) mass is 320 g/mol. The molecule has 2 aliphatic carbocycles. The second kappa shape index (κ2) is 6.49. The normalized spacial score (nSPS) is 20.5. The van der Waals surface area contributed by atoms with Crippen LogP contribution in [0.5, 0.6) is 0 Å². The molecule has 0 spiro atoms. The number of hydrogen-bond donors (Lipinski definition) is 1. The molecule has 0 atom stereocenters. The maximum Gasteiger partial charge on any atom is 0.317 e. The van der Waals surface area contributed by atoms with Gasteiger partial charge >= 0.3 is 6.03 Å². The third-order valence-electron chi connectivity index (χ3n) is 5.33. The Morgan fingerprint density at radius 1 is 1.23 bits per heavy atom. The van der Waals surface area contributed by atoms with Crippen LogP contribution < -0.4 is 5.32 Å². The van der Waals surface area contributed by atoms with Crippen molar-refractivity contribution in [3.05, 3.63) is 34.9 Å². The van der Waals surface area contributed by atoms with Gasteiger partial charge in [-0.05, 0) is 43.4 Å². The smallest absolute Gasteiger partial charge is 0.317 e. The van der Waals surface area contributed by atoms with Gasteiger partial charge in [0.2, 0.25) is 0 Å². The standard InChI is InChI=1S/C18H25ClN2O/c1-21(16-5-3-2-4-6-16)17(22)20-13-18(11-12-18)14-7-9-15(19)10-8-14/h7-10,16H,2-6,11-13H2,1H3,(H,20,22). The molecule has 0 unspecified atom stereocenters. The first-order valence-electron chi connectivity index (χ1n) is 8.37. The zero-order valence-electron chi connectivity index (χ0n) is 13.3. The van der Waals surface area contributed by atoms with Crippen LogP contribution in [0.25, 0.3) is 0 Å². The van der Waals surface area contributed by atoms with Crippen LogP contribution in [0.3, 0.4) is 0 Å². The number of urea groups is 1. The van der Waals surface area contributed by atoms with Crippen LogP contribution in [0, 0.1) is 0 Å². The Morgan fingerprint density at radius 3 is 2.45 bits per heavy atom. The molecule has 1 N–H and O–H groups in total. The molecule has 3 rings (SSSR count). The molecule has 0 radical (unpaired) electrons. The third kappa shape index (κ3) is 3.40. The van der Waals surface area contributed by atoms with E-state index in [1.165, 1.54) is 24.8 Å². The second-order valence-corrected chi connectivity index (χ2v) is 7.29. The van der Waals surface area contributed by atoms with E-state index in [1.807, 2.05) is 24.1 Å². The predicted octanol–water partition coefficient (Wildman–Crippen LogP) is 4.35. The number of nitrogens with one attached hydrogen (secondary N) is 1. The van der Waals surface area contributed by atoms with E-state index in [1.54, 1.807) is 0 Å². The molecular formula is C18H25ClN2O. The Kier molecular flexibility index (Phi) is 4.62. The summed E-state index contributed by atoms with van der Waals surface area (Å²) in [6, 6.07) is 8.55. The molecule has 1 aromatic carbocycles. The quantitative estimate of drug-likeness (QED) is 0.879. The summed E-state index contributed by atoms with van der Waals surface area (Å²) in [6.45, 7) is 0.727. The first-order chi connectivity index (χ1) is 10.6. The molecule has 0 bridgehead atoms. The van der Waals surface area contributed by atoms with Crippen molar-refractivity contribution in [2.75, 3.05) is 13.6 Å². The predicted molar refractivity (Wildman–Crippen MR) is 90.4 cm³/mol. The zero-order chi connectivity index (χ0) is 15.6. The van der Waals surface area contributed by atoms with Crippen LogP contribution in [0.15, 0.2) is 24.3 Å². The topological polar surface area (TPSA) is 32.3 Å². The first-order valence-corrected chi connectivity index (χ1v) is 8.75. The fourth-order valence-electron chi connectivity index (χ4n) is 3.53. The molecule has 0 saturated heterocycles. The fraction of sp³-hybridized carbons (Fsp3) is 0.611. The summed E-state index contributed by atoms with van der Waals surface area (Å²) in [6.07, 6.45) is 8.38. The number of rotatable bonds is 4. The highest BCUT2D eigenvalue weighted by Crippen LogP contribution is 2.47. The molecule has 0 aromatic heterocycles. The Labute approximate surface area is 138 Å². The lowest BCUT2D eigenvalue weighted by Crippen LogP contribution is -2.46. The number of benzene rings is 1. The van der Waals surface area contributed by atoms with Crippen LogP contribution in [0.2, 0.25) is 5.02 Å². The molecule has 1 aromatic rings. The molecule has 22 heavy (non-hydrogen) atoms. The molecule has 2 aliphatic rings. The molecule has 3 nitrogen and oxygen atoms in total. The van der Waals surface area contributed by atoms with E-state index in [2.05, 4.69) is 17.4 Å². The summed E-state index contributed by atoms with van der Waals surface area (Å²) >= 11 is 5.96. The minimum Gasteiger partial charge on any atom is -0.337 e. The molecule has 120 valence electrons. The highest BCUT2D eigenvalue weighted by molar-refractivity contribution is 6.30. The fourth-order valence-corrected chi connectivity index (χ4v) is 3.65. The zero-order valence-corrected chi connectivity index (χ0v) is 14.0. The van der Waals surface area contributed by atoms with Crippen molar-refractivity contribution in [3.63, 3.8) is 0 Å². The van der Waals surface area contributed by atoms with Crippen molar-refractivity contribution < 1.29 is 4.79 Å². The van der Waals surface area contributed by atoms with Gasteiger partial charge in [0.25, 0.3) is 0 Å². The molecule has 2 fully saturated rings. The van der Waals surface area contributed by atoms with Crippen molar-refractivity contribution in [1.29, 1.82) is 0 Å². The van der Waals surface area contributed by atoms with Gasteiger partial charge in [-0.15, -0.1) is 0 Å². The van der Waals surface area contributed by atoms with E-state index < -0.39 is 0 Å². The minimum absolute atomic E-state index is 0.0761. The Hall–Kier alpha value is -1.22. The van der Waals surface area contributed by atoms with E-state index in [-0.39, 0.29) is 11.4 Å². The van der Waals surface area contributed by atoms with Crippen LogP contribution in [0.4, 0.5) is 4.79 Å². The maximum absolute atomic E-state index is 12.4. The lowest BCUT2D eigenvalue weighted by molar-refractivity contribution is 0.173. The number of carbonyl (C=O) groups excluding carboxylic acids is 1. The lowest BCUT2D eigenvalue weighted by Gasteiger charge is -2.31. The van der Waals surface area contributed by atoms with E-state index in [9.17, 15) is 4.79 Å².